The highest BCUT2D eigenvalue weighted by Gasteiger charge is 1.94. The summed E-state index contributed by atoms with van der Waals surface area (Å²) in [6.07, 6.45) is 6.60. The normalized spacial score (nSPS) is 18.0. The second-order valence-corrected chi connectivity index (χ2v) is 4.65. The smallest absolute Gasteiger partial charge is 0.000196 e. The molecule has 0 aromatic rings. The van der Waals surface area contributed by atoms with E-state index in [1.165, 1.54) is 11.3 Å². The third-order valence-corrected chi connectivity index (χ3v) is 3.09. The maximum absolute atomic E-state index is 2.31. The third-order valence-electron chi connectivity index (χ3n) is 1.38. The Morgan fingerprint density at radius 3 is 2.40 bits per heavy atom. The van der Waals surface area contributed by atoms with Crippen molar-refractivity contribution in [3.05, 3.63) is 34.6 Å². The van der Waals surface area contributed by atoms with E-state index in [9.17, 15) is 0 Å². The summed E-state index contributed by atoms with van der Waals surface area (Å²) in [6.45, 7) is 4.30. The Morgan fingerprint density at radius 2 is 1.90 bits per heavy atom. The average molecular weight is 154 g/mol. The van der Waals surface area contributed by atoms with Crippen molar-refractivity contribution in [2.45, 2.75) is 13.8 Å². The van der Waals surface area contributed by atoms with E-state index in [4.69, 9.17) is 0 Å². The second-order valence-electron chi connectivity index (χ2n) is 2.66. The quantitative estimate of drug-likeness (QED) is 0.459. The van der Waals surface area contributed by atoms with Crippen molar-refractivity contribution in [1.29, 1.82) is 0 Å². The van der Waals surface area contributed by atoms with Crippen LogP contribution in [0.15, 0.2) is 34.6 Å². The van der Waals surface area contributed by atoms with Crippen molar-refractivity contribution in [3.63, 3.8) is 0 Å². The lowest BCUT2D eigenvalue weighted by atomic mass is 10.3. The molecule has 0 atom stereocenters. The van der Waals surface area contributed by atoms with E-state index in [0.717, 1.165) is 0 Å². The van der Waals surface area contributed by atoms with Crippen LogP contribution in [0.4, 0.5) is 0 Å². The van der Waals surface area contributed by atoms with E-state index in [2.05, 4.69) is 42.9 Å². The zero-order valence-electron chi connectivity index (χ0n) is 6.54. The van der Waals surface area contributed by atoms with E-state index in [1.54, 1.807) is 0 Å². The number of thiol groups is 1. The Bertz CT molecular complexity index is 171. The van der Waals surface area contributed by atoms with Crippen LogP contribution in [-0.2, 0) is 0 Å². The Labute approximate surface area is 65.7 Å². The minimum Gasteiger partial charge on any atom is -0.210 e. The van der Waals surface area contributed by atoms with Gasteiger partial charge in [0.2, 0.25) is 0 Å². The van der Waals surface area contributed by atoms with E-state index in [1.807, 2.05) is 0 Å². The van der Waals surface area contributed by atoms with Gasteiger partial charge in [0.25, 0.3) is 0 Å². The molecule has 1 aliphatic rings. The topological polar surface area (TPSA) is 0 Å². The fraction of sp³-hybridized carbons (Fsp3) is 0.333. The van der Waals surface area contributed by atoms with E-state index in [-0.39, 0.29) is 10.9 Å². The summed E-state index contributed by atoms with van der Waals surface area (Å²) >= 11 is 0. The van der Waals surface area contributed by atoms with Crippen LogP contribution < -0.4 is 0 Å². The van der Waals surface area contributed by atoms with Crippen molar-refractivity contribution in [2.75, 3.05) is 5.75 Å². The first-order valence-corrected chi connectivity index (χ1v) is 5.19. The monoisotopic (exact) mass is 154 g/mol. The Balaban J connectivity index is 2.33. The first kappa shape index (κ1) is 7.67. The van der Waals surface area contributed by atoms with Crippen LogP contribution in [0, 0.1) is 0 Å². The zero-order valence-corrected chi connectivity index (χ0v) is 7.44. The molecular formula is C9H14S. The number of hydrogen-bond donors (Lipinski definition) is 1. The molecule has 0 saturated heterocycles. The molecule has 1 heterocycles. The number of allylic oxidation sites excluding steroid dienone is 3. The molecule has 1 heteroatoms. The fourth-order valence-corrected chi connectivity index (χ4v) is 2.34. The van der Waals surface area contributed by atoms with Crippen molar-refractivity contribution < 1.29 is 0 Å². The molecule has 0 unspecified atom stereocenters. The van der Waals surface area contributed by atoms with E-state index >= 15 is 0 Å². The molecule has 0 fully saturated rings. The Kier molecular flexibility index (Phi) is 2.82. The van der Waals surface area contributed by atoms with Crippen molar-refractivity contribution in [3.8, 4) is 0 Å². The van der Waals surface area contributed by atoms with Gasteiger partial charge in [-0.15, -0.1) is 0 Å². The summed E-state index contributed by atoms with van der Waals surface area (Å²) in [6, 6.07) is 0. The molecule has 0 amide bonds. The van der Waals surface area contributed by atoms with Crippen LogP contribution in [-0.4, -0.2) is 5.75 Å². The standard InChI is InChI=1S/C9H14S/c1-9(2)5-8-10-6-3-4-7-10/h3-7,10H,8H2,1-2H3. The number of hydrogen-bond acceptors (Lipinski definition) is 0. The lowest BCUT2D eigenvalue weighted by molar-refractivity contribution is 1.37. The fourth-order valence-electron chi connectivity index (χ4n) is 0.780. The summed E-state index contributed by atoms with van der Waals surface area (Å²) in [5.41, 5.74) is 1.43. The van der Waals surface area contributed by atoms with Crippen LogP contribution >= 0.6 is 10.9 Å². The van der Waals surface area contributed by atoms with Crippen molar-refractivity contribution in [2.24, 2.45) is 0 Å². The average Bonchev–Trinajstić information content (AvgIpc) is 2.34. The molecule has 0 spiro atoms. The van der Waals surface area contributed by atoms with Crippen LogP contribution in [0.25, 0.3) is 0 Å². The maximum Gasteiger partial charge on any atom is -0.000196 e. The van der Waals surface area contributed by atoms with Gasteiger partial charge in [0.15, 0.2) is 0 Å². The van der Waals surface area contributed by atoms with E-state index < -0.39 is 0 Å². The summed E-state index contributed by atoms with van der Waals surface area (Å²) in [5.74, 6) is 1.23. The van der Waals surface area contributed by atoms with Crippen LogP contribution in [0.2, 0.25) is 0 Å². The SMILES string of the molecule is CC(C)=CC[SH]1C=CC=C1. The predicted octanol–water partition coefficient (Wildman–Crippen LogP) is 2.99. The highest BCUT2D eigenvalue weighted by atomic mass is 32.2. The molecular weight excluding hydrogens is 140 g/mol. The van der Waals surface area contributed by atoms with Gasteiger partial charge in [0.1, 0.15) is 0 Å². The van der Waals surface area contributed by atoms with Gasteiger partial charge in [0.05, 0.1) is 0 Å². The van der Waals surface area contributed by atoms with Gasteiger partial charge >= 0.3 is 0 Å². The van der Waals surface area contributed by atoms with Crippen LogP contribution in [0.1, 0.15) is 13.8 Å². The van der Waals surface area contributed by atoms with E-state index in [0.29, 0.717) is 0 Å². The van der Waals surface area contributed by atoms with Crippen LogP contribution in [0.5, 0.6) is 0 Å². The highest BCUT2D eigenvalue weighted by Crippen LogP contribution is 2.32. The summed E-state index contributed by atoms with van der Waals surface area (Å²) in [7, 11) is 0.0849. The summed E-state index contributed by atoms with van der Waals surface area (Å²) in [4.78, 5) is 0. The molecule has 10 heavy (non-hydrogen) atoms. The van der Waals surface area contributed by atoms with Crippen LogP contribution in [0.3, 0.4) is 0 Å². The van der Waals surface area contributed by atoms with Gasteiger partial charge in [-0.2, -0.15) is 0 Å². The minimum absolute atomic E-state index is 0.0849. The molecule has 0 radical (unpaired) electrons. The lowest BCUT2D eigenvalue weighted by Gasteiger charge is -2.04. The van der Waals surface area contributed by atoms with Gasteiger partial charge in [-0.3, -0.25) is 0 Å². The first-order chi connectivity index (χ1) is 4.79. The third kappa shape index (κ3) is 2.44. The van der Waals surface area contributed by atoms with Gasteiger partial charge in [0, 0.05) is 0 Å². The summed E-state index contributed by atoms with van der Waals surface area (Å²) in [5, 5.41) is 4.60. The molecule has 56 valence electrons. The number of rotatable bonds is 2. The molecule has 0 N–H and O–H groups in total. The second kappa shape index (κ2) is 3.67. The molecule has 0 aromatic carbocycles. The van der Waals surface area contributed by atoms with Crippen molar-refractivity contribution in [1.82, 2.24) is 0 Å². The predicted molar refractivity (Wildman–Crippen MR) is 51.6 cm³/mol. The van der Waals surface area contributed by atoms with Gasteiger partial charge in [-0.25, -0.2) is 10.9 Å². The van der Waals surface area contributed by atoms with Gasteiger partial charge in [-0.1, -0.05) is 23.8 Å². The van der Waals surface area contributed by atoms with Crippen molar-refractivity contribution >= 4 is 10.9 Å². The molecule has 1 aliphatic heterocycles. The first-order valence-electron chi connectivity index (χ1n) is 3.53. The minimum atomic E-state index is 0.0849. The lowest BCUT2D eigenvalue weighted by Crippen LogP contribution is -1.75. The molecule has 0 nitrogen and oxygen atoms in total. The Morgan fingerprint density at radius 1 is 1.30 bits per heavy atom. The van der Waals surface area contributed by atoms with Gasteiger partial charge < -0.3 is 0 Å². The largest absolute Gasteiger partial charge is 0.210 e. The molecule has 0 saturated carbocycles. The maximum atomic E-state index is 2.31. The zero-order chi connectivity index (χ0) is 7.40. The Hall–Kier alpha value is -0.430. The molecule has 1 rings (SSSR count). The molecule has 0 bridgehead atoms. The van der Waals surface area contributed by atoms with Gasteiger partial charge in [-0.05, 0) is 30.4 Å². The highest BCUT2D eigenvalue weighted by molar-refractivity contribution is 8.22. The molecule has 0 aliphatic carbocycles. The molecule has 0 aromatic heterocycles. The summed E-state index contributed by atoms with van der Waals surface area (Å²) < 4.78 is 0.